The molecule has 0 saturated carbocycles. The molecular formula is C13H17N5O. The maximum absolute atomic E-state index is 9.58. The van der Waals surface area contributed by atoms with Crippen molar-refractivity contribution < 1.29 is 5.11 Å². The van der Waals surface area contributed by atoms with Gasteiger partial charge in [0, 0.05) is 13.1 Å². The van der Waals surface area contributed by atoms with Crippen molar-refractivity contribution in [1.82, 2.24) is 19.9 Å². The van der Waals surface area contributed by atoms with E-state index in [4.69, 9.17) is 0 Å². The zero-order chi connectivity index (χ0) is 13.4. The van der Waals surface area contributed by atoms with Crippen LogP contribution in [-0.4, -0.2) is 44.2 Å². The maximum atomic E-state index is 9.58. The van der Waals surface area contributed by atoms with Crippen molar-refractivity contribution in [3.8, 4) is 0 Å². The van der Waals surface area contributed by atoms with Gasteiger partial charge in [-0.1, -0.05) is 0 Å². The zero-order valence-corrected chi connectivity index (χ0v) is 11.2. The number of aliphatic hydroxyl groups is 1. The summed E-state index contributed by atoms with van der Waals surface area (Å²) in [5.41, 5.74) is 3.19. The fraction of sp³-hybridized carbons (Fsp3) is 0.538. The average Bonchev–Trinajstić information content (AvgIpc) is 2.41. The highest BCUT2D eigenvalue weighted by Crippen LogP contribution is 2.24. The fourth-order valence-electron chi connectivity index (χ4n) is 2.34. The number of piperidine rings is 1. The standard InChI is InChI=1S/C13H17N5O/c1-8-9(2)17-12-11(16-8)13(15-7-14-12)18-5-3-10(19)4-6-18/h7,10,19H,3-6H2,1-2H3. The molecule has 2 aromatic rings. The Morgan fingerprint density at radius 2 is 1.79 bits per heavy atom. The van der Waals surface area contributed by atoms with E-state index >= 15 is 0 Å². The van der Waals surface area contributed by atoms with Crippen molar-refractivity contribution >= 4 is 17.0 Å². The van der Waals surface area contributed by atoms with Gasteiger partial charge in [-0.2, -0.15) is 0 Å². The third kappa shape index (κ3) is 2.23. The third-order valence-electron chi connectivity index (χ3n) is 3.62. The van der Waals surface area contributed by atoms with E-state index in [-0.39, 0.29) is 6.10 Å². The van der Waals surface area contributed by atoms with E-state index in [1.54, 1.807) is 0 Å². The minimum atomic E-state index is -0.195. The van der Waals surface area contributed by atoms with Crippen LogP contribution in [0.25, 0.3) is 11.2 Å². The summed E-state index contributed by atoms with van der Waals surface area (Å²) in [5, 5.41) is 9.58. The van der Waals surface area contributed by atoms with Crippen LogP contribution in [0.15, 0.2) is 6.33 Å². The molecule has 3 rings (SSSR count). The lowest BCUT2D eigenvalue weighted by molar-refractivity contribution is 0.145. The molecule has 100 valence electrons. The Hall–Kier alpha value is -1.82. The molecule has 1 N–H and O–H groups in total. The first-order valence-electron chi connectivity index (χ1n) is 6.54. The summed E-state index contributed by atoms with van der Waals surface area (Å²) in [4.78, 5) is 19.7. The Kier molecular flexibility index (Phi) is 3.02. The van der Waals surface area contributed by atoms with Crippen molar-refractivity contribution in [2.45, 2.75) is 32.8 Å². The maximum Gasteiger partial charge on any atom is 0.183 e. The number of hydrogen-bond donors (Lipinski definition) is 1. The lowest BCUT2D eigenvalue weighted by atomic mass is 10.1. The van der Waals surface area contributed by atoms with Crippen LogP contribution < -0.4 is 4.90 Å². The number of aromatic nitrogens is 4. The highest BCUT2D eigenvalue weighted by atomic mass is 16.3. The first-order chi connectivity index (χ1) is 9.15. The summed E-state index contributed by atoms with van der Waals surface area (Å²) < 4.78 is 0. The van der Waals surface area contributed by atoms with Gasteiger partial charge >= 0.3 is 0 Å². The van der Waals surface area contributed by atoms with Gasteiger partial charge in [0.05, 0.1) is 17.5 Å². The third-order valence-corrected chi connectivity index (χ3v) is 3.62. The molecule has 0 bridgehead atoms. The number of aryl methyl sites for hydroxylation is 2. The Morgan fingerprint density at radius 3 is 2.53 bits per heavy atom. The highest BCUT2D eigenvalue weighted by Gasteiger charge is 2.21. The highest BCUT2D eigenvalue weighted by molar-refractivity contribution is 5.82. The van der Waals surface area contributed by atoms with E-state index in [2.05, 4.69) is 24.8 Å². The number of hydrogen-bond acceptors (Lipinski definition) is 6. The zero-order valence-electron chi connectivity index (χ0n) is 11.2. The van der Waals surface area contributed by atoms with E-state index in [0.29, 0.717) is 5.65 Å². The summed E-state index contributed by atoms with van der Waals surface area (Å²) in [6, 6.07) is 0. The van der Waals surface area contributed by atoms with E-state index in [0.717, 1.165) is 48.7 Å². The van der Waals surface area contributed by atoms with Crippen LogP contribution in [0.3, 0.4) is 0 Å². The predicted molar refractivity (Wildman–Crippen MR) is 72.1 cm³/mol. The van der Waals surface area contributed by atoms with Crippen LogP contribution in [0.2, 0.25) is 0 Å². The van der Waals surface area contributed by atoms with E-state index in [1.807, 2.05) is 13.8 Å². The van der Waals surface area contributed by atoms with Gasteiger partial charge < -0.3 is 10.0 Å². The Balaban J connectivity index is 2.06. The first-order valence-corrected chi connectivity index (χ1v) is 6.54. The minimum Gasteiger partial charge on any atom is -0.393 e. The molecule has 6 nitrogen and oxygen atoms in total. The number of nitrogens with zero attached hydrogens (tertiary/aromatic N) is 5. The lowest BCUT2D eigenvalue weighted by Crippen LogP contribution is -2.36. The van der Waals surface area contributed by atoms with Gasteiger partial charge in [-0.25, -0.2) is 19.9 Å². The van der Waals surface area contributed by atoms with E-state index < -0.39 is 0 Å². The van der Waals surface area contributed by atoms with Gasteiger partial charge in [0.1, 0.15) is 6.33 Å². The summed E-state index contributed by atoms with van der Waals surface area (Å²) >= 11 is 0. The van der Waals surface area contributed by atoms with Crippen LogP contribution in [-0.2, 0) is 0 Å². The molecule has 1 aliphatic heterocycles. The molecule has 1 aliphatic rings. The molecule has 0 atom stereocenters. The molecule has 0 amide bonds. The van der Waals surface area contributed by atoms with Crippen molar-refractivity contribution in [3.63, 3.8) is 0 Å². The molecule has 0 radical (unpaired) electrons. The molecule has 0 spiro atoms. The van der Waals surface area contributed by atoms with E-state index in [9.17, 15) is 5.11 Å². The largest absolute Gasteiger partial charge is 0.393 e. The Bertz CT molecular complexity index is 607. The first kappa shape index (κ1) is 12.2. The predicted octanol–water partition coefficient (Wildman–Crippen LogP) is 0.998. The second kappa shape index (κ2) is 4.70. The van der Waals surface area contributed by atoms with Crippen LogP contribution in [0.1, 0.15) is 24.2 Å². The molecule has 0 aromatic carbocycles. The van der Waals surface area contributed by atoms with Crippen molar-refractivity contribution in [1.29, 1.82) is 0 Å². The molecule has 2 aromatic heterocycles. The molecule has 0 aliphatic carbocycles. The molecular weight excluding hydrogens is 242 g/mol. The molecule has 19 heavy (non-hydrogen) atoms. The van der Waals surface area contributed by atoms with Crippen LogP contribution in [0.5, 0.6) is 0 Å². The second-order valence-corrected chi connectivity index (χ2v) is 4.98. The summed E-state index contributed by atoms with van der Waals surface area (Å²) in [6.07, 6.45) is 2.87. The molecule has 6 heteroatoms. The lowest BCUT2D eigenvalue weighted by Gasteiger charge is -2.30. The van der Waals surface area contributed by atoms with Gasteiger partial charge in [0.25, 0.3) is 0 Å². The second-order valence-electron chi connectivity index (χ2n) is 4.98. The van der Waals surface area contributed by atoms with E-state index in [1.165, 1.54) is 6.33 Å². The van der Waals surface area contributed by atoms with Gasteiger partial charge in [0.2, 0.25) is 0 Å². The van der Waals surface area contributed by atoms with Crippen LogP contribution in [0.4, 0.5) is 5.82 Å². The Morgan fingerprint density at radius 1 is 1.11 bits per heavy atom. The minimum absolute atomic E-state index is 0.195. The molecule has 1 fully saturated rings. The Labute approximate surface area is 111 Å². The molecule has 1 saturated heterocycles. The molecule has 3 heterocycles. The van der Waals surface area contributed by atoms with Crippen LogP contribution >= 0.6 is 0 Å². The van der Waals surface area contributed by atoms with Gasteiger partial charge in [-0.3, -0.25) is 0 Å². The number of fused-ring (bicyclic) bond motifs is 1. The number of aliphatic hydroxyl groups excluding tert-OH is 1. The van der Waals surface area contributed by atoms with Gasteiger partial charge in [-0.15, -0.1) is 0 Å². The molecule has 0 unspecified atom stereocenters. The smallest absolute Gasteiger partial charge is 0.183 e. The number of anilines is 1. The van der Waals surface area contributed by atoms with Gasteiger partial charge in [0.15, 0.2) is 17.0 Å². The quantitative estimate of drug-likeness (QED) is 0.823. The van der Waals surface area contributed by atoms with Crippen molar-refractivity contribution in [3.05, 3.63) is 17.7 Å². The SMILES string of the molecule is Cc1nc2ncnc(N3CCC(O)CC3)c2nc1C. The number of rotatable bonds is 1. The van der Waals surface area contributed by atoms with Crippen LogP contribution in [0, 0.1) is 13.8 Å². The topological polar surface area (TPSA) is 75.0 Å². The normalized spacial score (nSPS) is 17.1. The van der Waals surface area contributed by atoms with Gasteiger partial charge in [-0.05, 0) is 26.7 Å². The fourth-order valence-corrected chi connectivity index (χ4v) is 2.34. The van der Waals surface area contributed by atoms with Crippen molar-refractivity contribution in [2.75, 3.05) is 18.0 Å². The monoisotopic (exact) mass is 259 g/mol. The summed E-state index contributed by atoms with van der Waals surface area (Å²) in [6.45, 7) is 5.46. The average molecular weight is 259 g/mol. The summed E-state index contributed by atoms with van der Waals surface area (Å²) in [7, 11) is 0. The van der Waals surface area contributed by atoms with Crippen molar-refractivity contribution in [2.24, 2.45) is 0 Å². The summed E-state index contributed by atoms with van der Waals surface area (Å²) in [5.74, 6) is 0.826.